The third-order valence-electron chi connectivity index (χ3n) is 1.63. The van der Waals surface area contributed by atoms with Crippen molar-refractivity contribution in [2.45, 2.75) is 12.7 Å². The van der Waals surface area contributed by atoms with E-state index < -0.39 is 0 Å². The number of carbonyl (C=O) groups excluding carboxylic acids is 1. The lowest BCUT2D eigenvalue weighted by molar-refractivity contribution is -0.139. The molecule has 3 N–H and O–H groups in total. The predicted molar refractivity (Wildman–Crippen MR) is 62.6 cm³/mol. The number of nitrogens with two attached hydrogens (primary N) is 1. The summed E-state index contributed by atoms with van der Waals surface area (Å²) in [4.78, 5) is 19.1. The highest BCUT2D eigenvalue weighted by Gasteiger charge is 2.03. The maximum absolute atomic E-state index is 11.0. The molecule has 1 aromatic heterocycles. The Hall–Kier alpha value is -1.34. The monoisotopic (exact) mass is 242 g/mol. The van der Waals surface area contributed by atoms with Crippen LogP contribution >= 0.6 is 11.8 Å². The molecule has 1 aromatic rings. The minimum Gasteiger partial charge on any atom is -0.465 e. The lowest BCUT2D eigenvalue weighted by Gasteiger charge is -2.02. The molecule has 0 amide bonds. The third kappa shape index (κ3) is 4.45. The average molecular weight is 242 g/mol. The van der Waals surface area contributed by atoms with Crippen molar-refractivity contribution in [1.29, 1.82) is 0 Å². The van der Waals surface area contributed by atoms with Crippen molar-refractivity contribution in [2.24, 2.45) is 5.84 Å². The smallest absolute Gasteiger partial charge is 0.315 e. The summed E-state index contributed by atoms with van der Waals surface area (Å²) in [5.41, 5.74) is 3.19. The molecule has 0 aliphatic carbocycles. The van der Waals surface area contributed by atoms with Crippen LogP contribution in [-0.4, -0.2) is 28.3 Å². The molecule has 0 aromatic carbocycles. The Morgan fingerprint density at radius 1 is 1.56 bits per heavy atom. The van der Waals surface area contributed by atoms with Crippen LogP contribution in [0.5, 0.6) is 0 Å². The van der Waals surface area contributed by atoms with Gasteiger partial charge in [0.2, 0.25) is 0 Å². The molecule has 0 atom stereocenters. The van der Waals surface area contributed by atoms with Crippen LogP contribution in [0.2, 0.25) is 0 Å². The number of aromatic nitrogens is 2. The molecule has 0 unspecified atom stereocenters. The van der Waals surface area contributed by atoms with Gasteiger partial charge in [-0.25, -0.2) is 10.8 Å². The van der Waals surface area contributed by atoms with Crippen LogP contribution in [0.4, 0.5) is 5.82 Å². The van der Waals surface area contributed by atoms with Gasteiger partial charge in [-0.15, -0.1) is 11.8 Å². The van der Waals surface area contributed by atoms with Gasteiger partial charge in [-0.05, 0) is 6.92 Å². The van der Waals surface area contributed by atoms with E-state index in [9.17, 15) is 4.79 Å². The van der Waals surface area contributed by atoms with Crippen molar-refractivity contribution in [3.8, 4) is 0 Å². The zero-order valence-electron chi connectivity index (χ0n) is 8.97. The highest BCUT2D eigenvalue weighted by atomic mass is 32.2. The molecule has 7 heteroatoms. The van der Waals surface area contributed by atoms with E-state index in [0.717, 1.165) is 5.69 Å². The van der Waals surface area contributed by atoms with E-state index in [1.165, 1.54) is 11.8 Å². The number of hydrazine groups is 1. The van der Waals surface area contributed by atoms with Gasteiger partial charge in [0.25, 0.3) is 0 Å². The fraction of sp³-hybridized carbons (Fsp3) is 0.444. The maximum Gasteiger partial charge on any atom is 0.315 e. The van der Waals surface area contributed by atoms with Gasteiger partial charge in [-0.3, -0.25) is 9.78 Å². The molecule has 0 radical (unpaired) electrons. The Balaban J connectivity index is 2.29. The van der Waals surface area contributed by atoms with E-state index in [2.05, 4.69) is 15.4 Å². The highest BCUT2D eigenvalue weighted by molar-refractivity contribution is 7.99. The van der Waals surface area contributed by atoms with Crippen LogP contribution in [-0.2, 0) is 15.3 Å². The van der Waals surface area contributed by atoms with Crippen molar-refractivity contribution >= 4 is 23.5 Å². The molecule has 0 aliphatic heterocycles. The summed E-state index contributed by atoms with van der Waals surface area (Å²) in [6.45, 7) is 2.20. The predicted octanol–water partition coefficient (Wildman–Crippen LogP) is 0.558. The standard InChI is InChI=1S/C9H14N4O2S/c1-2-15-9(14)6-16-5-7-3-12-8(13-10)4-11-7/h3-4H,2,5-6,10H2,1H3,(H,12,13). The lowest BCUT2D eigenvalue weighted by Crippen LogP contribution is -2.09. The largest absolute Gasteiger partial charge is 0.465 e. The molecule has 88 valence electrons. The Morgan fingerprint density at radius 2 is 2.38 bits per heavy atom. The van der Waals surface area contributed by atoms with Crippen molar-refractivity contribution in [2.75, 3.05) is 17.8 Å². The van der Waals surface area contributed by atoms with Gasteiger partial charge in [0.15, 0.2) is 5.82 Å². The van der Waals surface area contributed by atoms with Crippen molar-refractivity contribution in [3.05, 3.63) is 18.1 Å². The minimum atomic E-state index is -0.208. The zero-order valence-corrected chi connectivity index (χ0v) is 9.79. The van der Waals surface area contributed by atoms with E-state index >= 15 is 0 Å². The molecule has 1 heterocycles. The number of hydrogen-bond donors (Lipinski definition) is 2. The molecule has 0 fully saturated rings. The van der Waals surface area contributed by atoms with E-state index in [1.807, 2.05) is 0 Å². The molecule has 6 nitrogen and oxygen atoms in total. The summed E-state index contributed by atoms with van der Waals surface area (Å²) in [5.74, 6) is 6.41. The minimum absolute atomic E-state index is 0.208. The Kier molecular flexibility index (Phi) is 5.58. The Morgan fingerprint density at radius 3 is 2.94 bits per heavy atom. The molecule has 0 saturated heterocycles. The second-order valence-electron chi connectivity index (χ2n) is 2.84. The first-order valence-electron chi connectivity index (χ1n) is 4.77. The Bertz CT molecular complexity index is 331. The molecule has 0 bridgehead atoms. The van der Waals surface area contributed by atoms with Gasteiger partial charge in [-0.2, -0.15) is 0 Å². The maximum atomic E-state index is 11.0. The normalized spacial score (nSPS) is 9.88. The van der Waals surface area contributed by atoms with Crippen LogP contribution in [0.1, 0.15) is 12.6 Å². The summed E-state index contributed by atoms with van der Waals surface area (Å²) in [5, 5.41) is 0. The van der Waals surface area contributed by atoms with E-state index in [-0.39, 0.29) is 5.97 Å². The average Bonchev–Trinajstić information content (AvgIpc) is 2.30. The molecule has 0 saturated carbocycles. The molecule has 16 heavy (non-hydrogen) atoms. The van der Waals surface area contributed by atoms with Gasteiger partial charge in [0.05, 0.1) is 30.4 Å². The van der Waals surface area contributed by atoms with Crippen LogP contribution in [0.15, 0.2) is 12.4 Å². The fourth-order valence-electron chi connectivity index (χ4n) is 0.945. The summed E-state index contributed by atoms with van der Waals surface area (Å²) in [7, 11) is 0. The van der Waals surface area contributed by atoms with Crippen LogP contribution < -0.4 is 11.3 Å². The second-order valence-corrected chi connectivity index (χ2v) is 3.82. The number of nitrogens with one attached hydrogen (secondary N) is 1. The molecular formula is C9H14N4O2S. The zero-order chi connectivity index (χ0) is 11.8. The number of nitrogens with zero attached hydrogens (tertiary/aromatic N) is 2. The number of ether oxygens (including phenoxy) is 1. The number of rotatable bonds is 6. The first-order chi connectivity index (χ1) is 7.76. The topological polar surface area (TPSA) is 90.1 Å². The van der Waals surface area contributed by atoms with E-state index in [1.54, 1.807) is 19.3 Å². The van der Waals surface area contributed by atoms with Gasteiger partial charge < -0.3 is 10.2 Å². The first kappa shape index (κ1) is 12.7. The lowest BCUT2D eigenvalue weighted by atomic mass is 10.5. The quantitative estimate of drug-likeness (QED) is 0.428. The first-order valence-corrected chi connectivity index (χ1v) is 5.92. The number of carbonyl (C=O) groups is 1. The van der Waals surface area contributed by atoms with Crippen LogP contribution in [0.3, 0.4) is 0 Å². The molecule has 1 rings (SSSR count). The summed E-state index contributed by atoms with van der Waals surface area (Å²) in [6.07, 6.45) is 3.16. The number of nitrogen functional groups attached to an aromatic ring is 1. The van der Waals surface area contributed by atoms with Gasteiger partial charge in [0, 0.05) is 5.75 Å². The fourth-order valence-corrected chi connectivity index (χ4v) is 1.66. The van der Waals surface area contributed by atoms with Crippen LogP contribution in [0, 0.1) is 0 Å². The number of thioether (sulfide) groups is 1. The molecule has 0 spiro atoms. The van der Waals surface area contributed by atoms with Gasteiger partial charge in [0.1, 0.15) is 0 Å². The summed E-state index contributed by atoms with van der Waals surface area (Å²) in [6, 6.07) is 0. The SMILES string of the molecule is CCOC(=O)CSCc1cnc(NN)cn1. The van der Waals surface area contributed by atoms with Crippen molar-refractivity contribution < 1.29 is 9.53 Å². The molecule has 0 aliphatic rings. The number of hydrogen-bond acceptors (Lipinski definition) is 7. The summed E-state index contributed by atoms with van der Waals surface area (Å²) >= 11 is 1.44. The highest BCUT2D eigenvalue weighted by Crippen LogP contribution is 2.10. The van der Waals surface area contributed by atoms with E-state index in [4.69, 9.17) is 10.6 Å². The van der Waals surface area contributed by atoms with Crippen molar-refractivity contribution in [3.63, 3.8) is 0 Å². The number of esters is 1. The number of anilines is 1. The van der Waals surface area contributed by atoms with Gasteiger partial charge in [-0.1, -0.05) is 0 Å². The second kappa shape index (κ2) is 7.02. The van der Waals surface area contributed by atoms with Crippen LogP contribution in [0.25, 0.3) is 0 Å². The van der Waals surface area contributed by atoms with E-state index in [0.29, 0.717) is 23.9 Å². The van der Waals surface area contributed by atoms with Crippen molar-refractivity contribution in [1.82, 2.24) is 9.97 Å². The molecular weight excluding hydrogens is 228 g/mol. The van der Waals surface area contributed by atoms with Gasteiger partial charge >= 0.3 is 5.97 Å². The Labute approximate surface area is 98.0 Å². The summed E-state index contributed by atoms with van der Waals surface area (Å²) < 4.78 is 4.79. The third-order valence-corrected chi connectivity index (χ3v) is 2.57.